The molecule has 6 heteroatoms. The summed E-state index contributed by atoms with van der Waals surface area (Å²) in [6, 6.07) is 3.35. The van der Waals surface area contributed by atoms with E-state index < -0.39 is 5.97 Å². The topological polar surface area (TPSA) is 71.1 Å². The summed E-state index contributed by atoms with van der Waals surface area (Å²) >= 11 is 0. The van der Waals surface area contributed by atoms with E-state index in [9.17, 15) is 9.59 Å². The number of ketones is 1. The van der Waals surface area contributed by atoms with E-state index >= 15 is 0 Å². The minimum atomic E-state index is -0.654. The van der Waals surface area contributed by atoms with E-state index in [-0.39, 0.29) is 18.0 Å². The molecule has 0 aliphatic heterocycles. The van der Waals surface area contributed by atoms with Crippen LogP contribution in [0.1, 0.15) is 45.1 Å². The molecule has 0 amide bonds. The zero-order valence-corrected chi connectivity index (χ0v) is 17.2. The molecule has 0 atom stereocenters. The Labute approximate surface area is 166 Å². The molecule has 152 valence electrons. The highest BCUT2D eigenvalue weighted by Crippen LogP contribution is 2.37. The summed E-state index contributed by atoms with van der Waals surface area (Å²) in [6.45, 7) is 3.84. The van der Waals surface area contributed by atoms with Gasteiger partial charge in [-0.15, -0.1) is 0 Å². The van der Waals surface area contributed by atoms with Gasteiger partial charge in [-0.2, -0.15) is 0 Å². The Kier molecular flexibility index (Phi) is 7.67. The van der Waals surface area contributed by atoms with Crippen molar-refractivity contribution in [3.05, 3.63) is 34.4 Å². The van der Waals surface area contributed by atoms with Gasteiger partial charge in [-0.05, 0) is 51.2 Å². The molecule has 2 rings (SSSR count). The summed E-state index contributed by atoms with van der Waals surface area (Å²) in [4.78, 5) is 25.8. The predicted molar refractivity (Wildman–Crippen MR) is 107 cm³/mol. The number of carbonyl (C=O) groups excluding carboxylic acids is 2. The summed E-state index contributed by atoms with van der Waals surface area (Å²) in [6.07, 6.45) is 5.02. The van der Waals surface area contributed by atoms with Crippen LogP contribution in [0.15, 0.2) is 28.9 Å². The van der Waals surface area contributed by atoms with Crippen LogP contribution in [0.5, 0.6) is 17.2 Å². The molecule has 0 unspecified atom stereocenters. The number of carbonyl (C=O) groups is 2. The van der Waals surface area contributed by atoms with Crippen molar-refractivity contribution in [2.75, 3.05) is 27.9 Å². The van der Waals surface area contributed by atoms with Gasteiger partial charge in [0.2, 0.25) is 0 Å². The molecule has 0 saturated carbocycles. The van der Waals surface area contributed by atoms with Gasteiger partial charge in [0.25, 0.3) is 0 Å². The van der Waals surface area contributed by atoms with Crippen LogP contribution in [0.3, 0.4) is 0 Å². The summed E-state index contributed by atoms with van der Waals surface area (Å²) in [5.74, 6) is 0.454. The summed E-state index contributed by atoms with van der Waals surface area (Å²) in [7, 11) is 4.55. The van der Waals surface area contributed by atoms with E-state index in [2.05, 4.69) is 0 Å². The zero-order chi connectivity index (χ0) is 20.7. The fourth-order valence-electron chi connectivity index (χ4n) is 3.27. The van der Waals surface area contributed by atoms with Gasteiger partial charge in [-0.1, -0.05) is 5.57 Å². The van der Waals surface area contributed by atoms with E-state index in [0.29, 0.717) is 34.8 Å². The summed E-state index contributed by atoms with van der Waals surface area (Å²) in [5.41, 5.74) is 2.17. The second-order valence-corrected chi connectivity index (χ2v) is 6.52. The number of methoxy groups -OCH3 is 3. The molecule has 0 N–H and O–H groups in total. The zero-order valence-electron chi connectivity index (χ0n) is 17.2. The SMILES string of the molecule is CCOC(=O)/C(=C\c1c(OC)cc(OC)cc1OC)C(=O)C1=C(C)CCCC1. The van der Waals surface area contributed by atoms with E-state index in [1.807, 2.05) is 6.92 Å². The van der Waals surface area contributed by atoms with Gasteiger partial charge >= 0.3 is 5.97 Å². The lowest BCUT2D eigenvalue weighted by Crippen LogP contribution is -2.19. The van der Waals surface area contributed by atoms with Gasteiger partial charge in [0, 0.05) is 12.1 Å². The highest BCUT2D eigenvalue weighted by atomic mass is 16.5. The maximum absolute atomic E-state index is 13.2. The van der Waals surface area contributed by atoms with Crippen molar-refractivity contribution in [2.45, 2.75) is 39.5 Å². The van der Waals surface area contributed by atoms with Gasteiger partial charge < -0.3 is 18.9 Å². The molecule has 1 aliphatic rings. The molecule has 1 aliphatic carbocycles. The first-order valence-corrected chi connectivity index (χ1v) is 9.38. The lowest BCUT2D eigenvalue weighted by Gasteiger charge is -2.18. The molecular weight excluding hydrogens is 360 g/mol. The molecule has 28 heavy (non-hydrogen) atoms. The Morgan fingerprint density at radius 1 is 1.00 bits per heavy atom. The van der Waals surface area contributed by atoms with Crippen LogP contribution in [-0.4, -0.2) is 39.7 Å². The highest BCUT2D eigenvalue weighted by Gasteiger charge is 2.27. The quantitative estimate of drug-likeness (QED) is 0.289. The molecule has 0 saturated heterocycles. The van der Waals surface area contributed by atoms with Crippen molar-refractivity contribution in [1.29, 1.82) is 0 Å². The second-order valence-electron chi connectivity index (χ2n) is 6.52. The van der Waals surface area contributed by atoms with E-state index in [0.717, 1.165) is 24.8 Å². The van der Waals surface area contributed by atoms with Crippen LogP contribution in [0.4, 0.5) is 0 Å². The molecule has 0 fully saturated rings. The van der Waals surface area contributed by atoms with Gasteiger partial charge in [-0.25, -0.2) is 4.79 Å². The van der Waals surface area contributed by atoms with Gasteiger partial charge in [0.1, 0.15) is 22.8 Å². The molecule has 0 heterocycles. The third-order valence-electron chi connectivity index (χ3n) is 4.80. The molecule has 0 radical (unpaired) electrons. The lowest BCUT2D eigenvalue weighted by molar-refractivity contribution is -0.139. The summed E-state index contributed by atoms with van der Waals surface area (Å²) in [5, 5.41) is 0. The standard InChI is InChI=1S/C22H28O6/c1-6-28-22(24)18(21(23)16-10-8-7-9-14(16)2)13-17-19(26-4)11-15(25-3)12-20(17)27-5/h11-13H,6-10H2,1-5H3/b18-13-. The minimum absolute atomic E-state index is 0.0279. The Morgan fingerprint density at radius 3 is 2.11 bits per heavy atom. The van der Waals surface area contributed by atoms with Crippen LogP contribution in [0.25, 0.3) is 6.08 Å². The predicted octanol–water partition coefficient (Wildman–Crippen LogP) is 4.12. The first-order valence-electron chi connectivity index (χ1n) is 9.38. The minimum Gasteiger partial charge on any atom is -0.496 e. The number of benzene rings is 1. The normalized spacial score (nSPS) is 14.5. The number of allylic oxidation sites excluding steroid dienone is 2. The smallest absolute Gasteiger partial charge is 0.342 e. The molecule has 0 spiro atoms. The first-order chi connectivity index (χ1) is 13.5. The Balaban J connectivity index is 2.63. The maximum atomic E-state index is 13.2. The lowest BCUT2D eigenvalue weighted by atomic mass is 9.87. The van der Waals surface area contributed by atoms with Gasteiger partial charge in [0.05, 0.1) is 33.5 Å². The summed E-state index contributed by atoms with van der Waals surface area (Å²) < 4.78 is 21.3. The van der Waals surface area contributed by atoms with Crippen molar-refractivity contribution >= 4 is 17.8 Å². The van der Waals surface area contributed by atoms with Crippen LogP contribution in [0, 0.1) is 0 Å². The van der Waals surface area contributed by atoms with Crippen LogP contribution in [0.2, 0.25) is 0 Å². The molecule has 0 bridgehead atoms. The fraction of sp³-hybridized carbons (Fsp3) is 0.455. The number of ether oxygens (including phenoxy) is 4. The maximum Gasteiger partial charge on any atom is 0.342 e. The molecule has 1 aromatic rings. The highest BCUT2D eigenvalue weighted by molar-refractivity contribution is 6.27. The van der Waals surface area contributed by atoms with E-state index in [4.69, 9.17) is 18.9 Å². The molecule has 6 nitrogen and oxygen atoms in total. The number of Topliss-reactive ketones (excluding diaryl/α,β-unsaturated/α-hetero) is 1. The average molecular weight is 388 g/mol. The molecular formula is C22H28O6. The molecule has 1 aromatic carbocycles. The number of hydrogen-bond acceptors (Lipinski definition) is 6. The second kappa shape index (κ2) is 9.97. The van der Waals surface area contributed by atoms with Crippen molar-refractivity contribution in [3.8, 4) is 17.2 Å². The molecule has 0 aromatic heterocycles. The first kappa shape index (κ1) is 21.5. The van der Waals surface area contributed by atoms with E-state index in [1.54, 1.807) is 19.1 Å². The van der Waals surface area contributed by atoms with Crippen molar-refractivity contribution < 1.29 is 28.5 Å². The largest absolute Gasteiger partial charge is 0.496 e. The Morgan fingerprint density at radius 2 is 1.61 bits per heavy atom. The monoisotopic (exact) mass is 388 g/mol. The fourth-order valence-corrected chi connectivity index (χ4v) is 3.27. The third kappa shape index (κ3) is 4.74. The van der Waals surface area contributed by atoms with Crippen molar-refractivity contribution in [2.24, 2.45) is 0 Å². The number of esters is 1. The Bertz CT molecular complexity index is 778. The third-order valence-corrected chi connectivity index (χ3v) is 4.80. The van der Waals surface area contributed by atoms with Crippen molar-refractivity contribution in [3.63, 3.8) is 0 Å². The van der Waals surface area contributed by atoms with Crippen LogP contribution < -0.4 is 14.2 Å². The number of hydrogen-bond donors (Lipinski definition) is 0. The van der Waals surface area contributed by atoms with Gasteiger partial charge in [-0.3, -0.25) is 4.79 Å². The van der Waals surface area contributed by atoms with Gasteiger partial charge in [0.15, 0.2) is 5.78 Å². The van der Waals surface area contributed by atoms with Crippen LogP contribution in [-0.2, 0) is 14.3 Å². The van der Waals surface area contributed by atoms with Crippen molar-refractivity contribution in [1.82, 2.24) is 0 Å². The number of rotatable bonds is 8. The van der Waals surface area contributed by atoms with Crippen LogP contribution >= 0.6 is 0 Å². The Hall–Kier alpha value is -2.76. The van der Waals surface area contributed by atoms with E-state index in [1.165, 1.54) is 27.4 Å². The average Bonchev–Trinajstić information content (AvgIpc) is 2.71.